The van der Waals surface area contributed by atoms with Gasteiger partial charge in [-0.1, -0.05) is 48.5 Å². The molecule has 1 saturated heterocycles. The van der Waals surface area contributed by atoms with Crippen LogP contribution in [-0.4, -0.2) is 41.1 Å². The maximum atomic E-state index is 5.48. The van der Waals surface area contributed by atoms with Crippen molar-refractivity contribution in [2.75, 3.05) is 36.6 Å². The minimum atomic E-state index is 0.707. The first-order chi connectivity index (χ1) is 17.8. The van der Waals surface area contributed by atoms with Gasteiger partial charge in [0.2, 0.25) is 0 Å². The van der Waals surface area contributed by atoms with E-state index in [4.69, 9.17) is 9.84 Å². The highest BCUT2D eigenvalue weighted by Crippen LogP contribution is 2.32. The molecule has 7 rings (SSSR count). The van der Waals surface area contributed by atoms with E-state index >= 15 is 0 Å². The van der Waals surface area contributed by atoms with Crippen LogP contribution in [0.1, 0.15) is 11.3 Å². The topological polar surface area (TPSA) is 45.6 Å². The Morgan fingerprint density at radius 2 is 1.61 bits per heavy atom. The number of anilines is 2. The van der Waals surface area contributed by atoms with Crippen LogP contribution in [0.4, 0.5) is 11.4 Å². The summed E-state index contributed by atoms with van der Waals surface area (Å²) in [4.78, 5) is 2.37. The Labute approximate surface area is 210 Å². The Kier molecular flexibility index (Phi) is 5.10. The van der Waals surface area contributed by atoms with Gasteiger partial charge in [-0.3, -0.25) is 10.4 Å². The smallest absolute Gasteiger partial charge is 0.0817 e. The van der Waals surface area contributed by atoms with Crippen LogP contribution in [0, 0.1) is 0 Å². The van der Waals surface area contributed by atoms with Crippen LogP contribution in [-0.2, 0) is 11.3 Å². The van der Waals surface area contributed by atoms with Gasteiger partial charge in [0.1, 0.15) is 0 Å². The Hall–Kier alpha value is -4.29. The van der Waals surface area contributed by atoms with E-state index in [1.165, 1.54) is 27.2 Å². The molecule has 0 atom stereocenters. The minimum absolute atomic E-state index is 0.707. The van der Waals surface area contributed by atoms with Crippen molar-refractivity contribution in [3.63, 3.8) is 0 Å². The van der Waals surface area contributed by atoms with Crippen molar-refractivity contribution in [3.05, 3.63) is 103 Å². The molecule has 0 radical (unpaired) electrons. The molecule has 36 heavy (non-hydrogen) atoms. The maximum absolute atomic E-state index is 5.48. The summed E-state index contributed by atoms with van der Waals surface area (Å²) in [6.45, 7) is 4.18. The molecule has 1 N–H and O–H groups in total. The predicted octanol–water partition coefficient (Wildman–Crippen LogP) is 5.83. The number of nitrogens with zero attached hydrogens (tertiary/aromatic N) is 4. The lowest BCUT2D eigenvalue weighted by Crippen LogP contribution is -2.36. The molecule has 2 aliphatic rings. The highest BCUT2D eigenvalue weighted by Gasteiger charge is 2.19. The van der Waals surface area contributed by atoms with Gasteiger partial charge in [-0.05, 0) is 52.6 Å². The van der Waals surface area contributed by atoms with Crippen LogP contribution >= 0.6 is 0 Å². The Balaban J connectivity index is 1.19. The number of hydrogen-bond acceptors (Lipinski definition) is 5. The number of benzene rings is 4. The van der Waals surface area contributed by atoms with Crippen molar-refractivity contribution >= 4 is 39.0 Å². The summed E-state index contributed by atoms with van der Waals surface area (Å²) in [5.74, 6) is 0. The molecule has 1 fully saturated rings. The fourth-order valence-electron chi connectivity index (χ4n) is 5.30. The number of morpholine rings is 1. The summed E-state index contributed by atoms with van der Waals surface area (Å²) in [7, 11) is 0. The van der Waals surface area contributed by atoms with Crippen molar-refractivity contribution in [1.29, 1.82) is 0 Å². The SMILES string of the molecule is C1=CN(Nc2ccc(N3CCOCC3)cc2)Cc2c1cnn2-c1cccc2ccc3ccccc3c12. The molecule has 1 aromatic heterocycles. The number of ether oxygens (including phenoxy) is 1. The largest absolute Gasteiger partial charge is 0.378 e. The molecule has 0 aliphatic carbocycles. The molecule has 178 valence electrons. The number of aromatic nitrogens is 2. The molecule has 2 aliphatic heterocycles. The van der Waals surface area contributed by atoms with Crippen LogP contribution in [0.25, 0.3) is 33.3 Å². The van der Waals surface area contributed by atoms with E-state index < -0.39 is 0 Å². The molecule has 6 nitrogen and oxygen atoms in total. The fraction of sp³-hybridized carbons (Fsp3) is 0.167. The summed E-state index contributed by atoms with van der Waals surface area (Å²) in [6, 6.07) is 28.1. The average molecular weight is 474 g/mol. The van der Waals surface area contributed by atoms with E-state index in [1.54, 1.807) is 0 Å². The number of hydrogen-bond donors (Lipinski definition) is 1. The third kappa shape index (κ3) is 3.67. The predicted molar refractivity (Wildman–Crippen MR) is 146 cm³/mol. The quantitative estimate of drug-likeness (QED) is 0.333. The zero-order valence-electron chi connectivity index (χ0n) is 20.0. The van der Waals surface area contributed by atoms with Gasteiger partial charge in [-0.25, -0.2) is 4.68 Å². The number of nitrogens with one attached hydrogen (secondary N) is 1. The molecule has 0 saturated carbocycles. The van der Waals surface area contributed by atoms with Crippen molar-refractivity contribution < 1.29 is 4.74 Å². The summed E-state index contributed by atoms with van der Waals surface area (Å²) < 4.78 is 7.58. The monoisotopic (exact) mass is 473 g/mol. The molecule has 0 spiro atoms. The molecule has 0 bridgehead atoms. The maximum Gasteiger partial charge on any atom is 0.0817 e. The van der Waals surface area contributed by atoms with Gasteiger partial charge in [-0.15, -0.1) is 0 Å². The Morgan fingerprint density at radius 1 is 0.806 bits per heavy atom. The second-order valence-corrected chi connectivity index (χ2v) is 9.32. The summed E-state index contributed by atoms with van der Waals surface area (Å²) in [6.07, 6.45) is 6.17. The second kappa shape index (κ2) is 8.73. The lowest BCUT2D eigenvalue weighted by Gasteiger charge is -2.29. The zero-order chi connectivity index (χ0) is 23.9. The van der Waals surface area contributed by atoms with E-state index in [2.05, 4.69) is 111 Å². The van der Waals surface area contributed by atoms with Crippen molar-refractivity contribution in [1.82, 2.24) is 14.8 Å². The fourth-order valence-corrected chi connectivity index (χ4v) is 5.30. The van der Waals surface area contributed by atoms with Crippen molar-refractivity contribution in [2.24, 2.45) is 0 Å². The Bertz CT molecular complexity index is 1580. The van der Waals surface area contributed by atoms with Crippen molar-refractivity contribution in [3.8, 4) is 5.69 Å². The lowest BCUT2D eigenvalue weighted by atomic mass is 10.0. The highest BCUT2D eigenvalue weighted by molar-refractivity contribution is 6.11. The normalized spacial score (nSPS) is 15.4. The van der Waals surface area contributed by atoms with E-state index in [0.29, 0.717) is 6.54 Å². The van der Waals surface area contributed by atoms with Crippen molar-refractivity contribution in [2.45, 2.75) is 6.54 Å². The van der Waals surface area contributed by atoms with Gasteiger partial charge in [0.25, 0.3) is 0 Å². The molecule has 0 unspecified atom stereocenters. The van der Waals surface area contributed by atoms with Crippen LogP contribution in [0.15, 0.2) is 91.3 Å². The van der Waals surface area contributed by atoms with E-state index in [0.717, 1.165) is 48.9 Å². The van der Waals surface area contributed by atoms with Gasteiger partial charge < -0.3 is 9.64 Å². The standard InChI is InChI=1S/C30H27N5O/c1-2-6-27-22(4-1)8-9-23-5-3-7-28(30(23)27)35-29-21-34(15-14-24(29)20-31-35)32-25-10-12-26(13-11-25)33-16-18-36-19-17-33/h1-15,20,32H,16-19,21H2. The third-order valence-electron chi connectivity index (χ3n) is 7.15. The molecule has 0 amide bonds. The first-order valence-corrected chi connectivity index (χ1v) is 12.5. The second-order valence-electron chi connectivity index (χ2n) is 9.32. The van der Waals surface area contributed by atoms with Gasteiger partial charge in [0.05, 0.1) is 43.0 Å². The van der Waals surface area contributed by atoms with Gasteiger partial charge in [-0.2, -0.15) is 5.10 Å². The molecule has 3 heterocycles. The lowest BCUT2D eigenvalue weighted by molar-refractivity contribution is 0.122. The molecular formula is C30H27N5O. The molecule has 5 aromatic rings. The number of fused-ring (bicyclic) bond motifs is 4. The molecular weight excluding hydrogens is 446 g/mol. The number of hydrazine groups is 1. The van der Waals surface area contributed by atoms with Crippen LogP contribution in [0.5, 0.6) is 0 Å². The minimum Gasteiger partial charge on any atom is -0.378 e. The van der Waals surface area contributed by atoms with Crippen LogP contribution < -0.4 is 10.3 Å². The summed E-state index contributed by atoms with van der Waals surface area (Å²) in [5.41, 5.74) is 9.26. The van der Waals surface area contributed by atoms with Gasteiger partial charge >= 0.3 is 0 Å². The van der Waals surface area contributed by atoms with Crippen LogP contribution in [0.3, 0.4) is 0 Å². The first-order valence-electron chi connectivity index (χ1n) is 12.5. The average Bonchev–Trinajstić information content (AvgIpc) is 3.37. The number of rotatable bonds is 4. The molecule has 6 heteroatoms. The third-order valence-corrected chi connectivity index (χ3v) is 7.15. The van der Waals surface area contributed by atoms with E-state index in [-0.39, 0.29) is 0 Å². The summed E-state index contributed by atoms with van der Waals surface area (Å²) in [5, 5.41) is 11.9. The Morgan fingerprint density at radius 3 is 2.50 bits per heavy atom. The zero-order valence-corrected chi connectivity index (χ0v) is 20.0. The van der Waals surface area contributed by atoms with E-state index in [9.17, 15) is 0 Å². The van der Waals surface area contributed by atoms with E-state index in [1.807, 2.05) is 6.20 Å². The molecule has 4 aromatic carbocycles. The first kappa shape index (κ1) is 21.0. The van der Waals surface area contributed by atoms with Gasteiger partial charge in [0, 0.05) is 35.9 Å². The van der Waals surface area contributed by atoms with Crippen LogP contribution in [0.2, 0.25) is 0 Å². The summed E-state index contributed by atoms with van der Waals surface area (Å²) >= 11 is 0. The highest BCUT2D eigenvalue weighted by atomic mass is 16.5. The van der Waals surface area contributed by atoms with Gasteiger partial charge in [0.15, 0.2) is 0 Å².